The molecule has 39 heavy (non-hydrogen) atoms. The van der Waals surface area contributed by atoms with Crippen molar-refractivity contribution in [2.24, 2.45) is 0 Å². The van der Waals surface area contributed by atoms with Gasteiger partial charge in [0, 0.05) is 56.1 Å². The van der Waals surface area contributed by atoms with Gasteiger partial charge in [0.1, 0.15) is 12.4 Å². The molecule has 1 atom stereocenters. The molecule has 0 aromatic heterocycles. The van der Waals surface area contributed by atoms with Crippen LogP contribution in [-0.2, 0) is 27.4 Å². The summed E-state index contributed by atoms with van der Waals surface area (Å²) in [6, 6.07) is 11.6. The Morgan fingerprint density at radius 3 is 2.44 bits per heavy atom. The van der Waals surface area contributed by atoms with Crippen LogP contribution in [0, 0.1) is 0 Å². The van der Waals surface area contributed by atoms with Crippen LogP contribution in [0.15, 0.2) is 42.5 Å². The van der Waals surface area contributed by atoms with Gasteiger partial charge in [-0.2, -0.15) is 0 Å². The number of ketones is 1. The number of carbonyl (C=O) groups is 3. The summed E-state index contributed by atoms with van der Waals surface area (Å²) in [6.07, 6.45) is 5.39. The molecular formula is C30H33Cl2N3O4. The number of benzene rings is 2. The molecule has 2 amide bonds. The Hall–Kier alpha value is -2.87. The first-order valence-electron chi connectivity index (χ1n) is 13.5. The van der Waals surface area contributed by atoms with Crippen molar-refractivity contribution in [1.82, 2.24) is 14.7 Å². The van der Waals surface area contributed by atoms with Gasteiger partial charge in [0.25, 0.3) is 0 Å². The molecule has 0 saturated carbocycles. The van der Waals surface area contributed by atoms with Crippen LogP contribution in [0.2, 0.25) is 10.0 Å². The molecule has 0 N–H and O–H groups in total. The van der Waals surface area contributed by atoms with Crippen molar-refractivity contribution >= 4 is 46.6 Å². The second-order valence-corrected chi connectivity index (χ2v) is 11.4. The Morgan fingerprint density at radius 2 is 1.74 bits per heavy atom. The van der Waals surface area contributed by atoms with Crippen LogP contribution in [0.1, 0.15) is 54.0 Å². The molecule has 3 aliphatic rings. The minimum atomic E-state index is -0.385. The quantitative estimate of drug-likeness (QED) is 0.457. The molecule has 1 unspecified atom stereocenters. The number of hydrogen-bond acceptors (Lipinski definition) is 5. The number of nitrogens with zero attached hydrogens (tertiary/aromatic N) is 3. The fourth-order valence-electron chi connectivity index (χ4n) is 5.66. The minimum absolute atomic E-state index is 0.0508. The van der Waals surface area contributed by atoms with E-state index in [2.05, 4.69) is 29.2 Å². The molecule has 9 heteroatoms. The molecule has 1 fully saturated rings. The predicted octanol–water partition coefficient (Wildman–Crippen LogP) is 5.53. The highest BCUT2D eigenvalue weighted by Crippen LogP contribution is 2.38. The Balaban J connectivity index is 1.19. The summed E-state index contributed by atoms with van der Waals surface area (Å²) in [5.74, 6) is 0.347. The zero-order chi connectivity index (χ0) is 27.5. The van der Waals surface area contributed by atoms with Crippen LogP contribution >= 0.6 is 23.2 Å². The van der Waals surface area contributed by atoms with E-state index in [0.29, 0.717) is 49.1 Å². The molecular weight excluding hydrogens is 537 g/mol. The van der Waals surface area contributed by atoms with E-state index in [1.54, 1.807) is 30.1 Å². The predicted molar refractivity (Wildman–Crippen MR) is 152 cm³/mol. The fraction of sp³-hybridized carbons (Fsp3) is 0.433. The van der Waals surface area contributed by atoms with E-state index in [9.17, 15) is 14.4 Å². The van der Waals surface area contributed by atoms with Gasteiger partial charge in [-0.25, -0.2) is 4.79 Å². The second-order valence-electron chi connectivity index (χ2n) is 10.5. The Morgan fingerprint density at radius 1 is 1.00 bits per heavy atom. The summed E-state index contributed by atoms with van der Waals surface area (Å²) in [6.45, 7) is 3.10. The minimum Gasteiger partial charge on any atom is -0.445 e. The molecule has 0 bridgehead atoms. The average Bonchev–Trinajstić information content (AvgIpc) is 3.35. The number of aryl methyl sites for hydroxylation is 1. The standard InChI is InChI=1S/C30H33Cl2N3O4/c1-33(30(38)39-19-20-14-24(31)17-25(32)15-20)28-5-4-22-2-3-23(16-27(22)28)21-6-10-34(11-7-21)18-29(37)35-12-8-26(36)9-13-35/h2-3,6,14-17,28H,4-5,7-13,18-19H2,1H3. The average molecular weight is 571 g/mol. The zero-order valence-electron chi connectivity index (χ0n) is 22.1. The summed E-state index contributed by atoms with van der Waals surface area (Å²) >= 11 is 12.1. The number of fused-ring (bicyclic) bond motifs is 1. The van der Waals surface area contributed by atoms with Gasteiger partial charge in [-0.05, 0) is 71.4 Å². The first-order chi connectivity index (χ1) is 18.8. The smallest absolute Gasteiger partial charge is 0.410 e. The molecule has 2 heterocycles. The van der Waals surface area contributed by atoms with E-state index >= 15 is 0 Å². The van der Waals surface area contributed by atoms with Gasteiger partial charge >= 0.3 is 6.09 Å². The second kappa shape index (κ2) is 12.1. The summed E-state index contributed by atoms with van der Waals surface area (Å²) in [5, 5.41) is 1.01. The summed E-state index contributed by atoms with van der Waals surface area (Å²) < 4.78 is 5.57. The molecule has 2 aliphatic heterocycles. The third kappa shape index (κ3) is 6.65. The van der Waals surface area contributed by atoms with Crippen LogP contribution in [0.25, 0.3) is 5.57 Å². The SMILES string of the molecule is CN(C(=O)OCc1cc(Cl)cc(Cl)c1)C1CCc2ccc(C3=CCN(CC(=O)N4CCC(=O)CC4)CC3)cc21. The summed E-state index contributed by atoms with van der Waals surface area (Å²) in [7, 11) is 1.78. The maximum absolute atomic E-state index is 12.9. The molecule has 1 aliphatic carbocycles. The van der Waals surface area contributed by atoms with Gasteiger partial charge in [-0.15, -0.1) is 0 Å². The first-order valence-corrected chi connectivity index (χ1v) is 14.2. The Labute approximate surface area is 239 Å². The number of likely N-dealkylation sites (tertiary alicyclic amines) is 1. The fourth-order valence-corrected chi connectivity index (χ4v) is 6.24. The maximum atomic E-state index is 12.9. The van der Waals surface area contributed by atoms with Crippen molar-refractivity contribution in [2.75, 3.05) is 39.8 Å². The number of piperidine rings is 1. The monoisotopic (exact) mass is 569 g/mol. The number of ether oxygens (including phenoxy) is 1. The number of hydrogen-bond donors (Lipinski definition) is 0. The highest BCUT2D eigenvalue weighted by Gasteiger charge is 2.30. The first kappa shape index (κ1) is 27.7. The van der Waals surface area contributed by atoms with Crippen molar-refractivity contribution in [1.29, 1.82) is 0 Å². The van der Waals surface area contributed by atoms with Gasteiger partial charge in [0.2, 0.25) is 5.91 Å². The topological polar surface area (TPSA) is 70.2 Å². The van der Waals surface area contributed by atoms with Crippen molar-refractivity contribution < 1.29 is 19.1 Å². The summed E-state index contributed by atoms with van der Waals surface area (Å²) in [5.41, 5.74) is 5.59. The lowest BCUT2D eigenvalue weighted by molar-refractivity contribution is -0.135. The van der Waals surface area contributed by atoms with Gasteiger partial charge in [0.05, 0.1) is 12.6 Å². The third-order valence-corrected chi connectivity index (χ3v) is 8.37. The molecule has 0 spiro atoms. The van der Waals surface area contributed by atoms with E-state index in [-0.39, 0.29) is 30.4 Å². The van der Waals surface area contributed by atoms with Crippen LogP contribution in [0.4, 0.5) is 4.79 Å². The highest BCUT2D eigenvalue weighted by atomic mass is 35.5. The molecule has 5 rings (SSSR count). The lowest BCUT2D eigenvalue weighted by atomic mass is 9.95. The van der Waals surface area contributed by atoms with Gasteiger partial charge in [-0.1, -0.05) is 41.4 Å². The van der Waals surface area contributed by atoms with E-state index in [1.165, 1.54) is 11.1 Å². The van der Waals surface area contributed by atoms with E-state index in [1.807, 2.05) is 4.90 Å². The lowest BCUT2D eigenvalue weighted by Gasteiger charge is -2.31. The van der Waals surface area contributed by atoms with Gasteiger partial charge in [0.15, 0.2) is 0 Å². The van der Waals surface area contributed by atoms with Crippen LogP contribution in [0.5, 0.6) is 0 Å². The maximum Gasteiger partial charge on any atom is 0.410 e. The normalized spacial score (nSPS) is 19.5. The van der Waals surface area contributed by atoms with E-state index in [0.717, 1.165) is 42.5 Å². The van der Waals surface area contributed by atoms with Gasteiger partial charge in [-0.3, -0.25) is 14.5 Å². The Bertz CT molecular complexity index is 1280. The van der Waals surface area contributed by atoms with Crippen LogP contribution in [-0.4, -0.2) is 72.3 Å². The van der Waals surface area contributed by atoms with E-state index in [4.69, 9.17) is 27.9 Å². The number of amides is 2. The number of rotatable bonds is 6. The van der Waals surface area contributed by atoms with E-state index < -0.39 is 0 Å². The van der Waals surface area contributed by atoms with Crippen LogP contribution in [0.3, 0.4) is 0 Å². The Kier molecular flexibility index (Phi) is 8.60. The largest absolute Gasteiger partial charge is 0.445 e. The van der Waals surface area contributed by atoms with Crippen molar-refractivity contribution in [3.8, 4) is 0 Å². The molecule has 1 saturated heterocycles. The number of carbonyl (C=O) groups excluding carboxylic acids is 3. The van der Waals surface area contributed by atoms with Crippen molar-refractivity contribution in [3.63, 3.8) is 0 Å². The number of halogens is 2. The lowest BCUT2D eigenvalue weighted by Crippen LogP contribution is -2.45. The molecule has 2 aromatic carbocycles. The van der Waals surface area contributed by atoms with Crippen molar-refractivity contribution in [3.05, 3.63) is 74.8 Å². The number of Topliss-reactive ketones (excluding diaryl/α,β-unsaturated/α-hetero) is 1. The molecule has 7 nitrogen and oxygen atoms in total. The zero-order valence-corrected chi connectivity index (χ0v) is 23.6. The molecule has 2 aromatic rings. The van der Waals surface area contributed by atoms with Crippen LogP contribution < -0.4 is 0 Å². The van der Waals surface area contributed by atoms with Gasteiger partial charge < -0.3 is 14.5 Å². The molecule has 206 valence electrons. The molecule has 0 radical (unpaired) electrons. The van der Waals surface area contributed by atoms with Crippen molar-refractivity contribution in [2.45, 2.75) is 44.8 Å². The highest BCUT2D eigenvalue weighted by molar-refractivity contribution is 6.34. The third-order valence-electron chi connectivity index (χ3n) is 7.93. The summed E-state index contributed by atoms with van der Waals surface area (Å²) in [4.78, 5) is 42.7.